The summed E-state index contributed by atoms with van der Waals surface area (Å²) in [5.41, 5.74) is 2.69. The molecule has 0 aliphatic heterocycles. The average Bonchev–Trinajstić information content (AvgIpc) is 3.12. The molecule has 0 bridgehead atoms. The van der Waals surface area contributed by atoms with Crippen LogP contribution in [-0.2, 0) is 19.3 Å². The molecule has 0 atom stereocenters. The Morgan fingerprint density at radius 3 is 3.15 bits per heavy atom. The van der Waals surface area contributed by atoms with Gasteiger partial charge in [0.2, 0.25) is 0 Å². The second-order valence-corrected chi connectivity index (χ2v) is 6.05. The molecule has 106 valence electrons. The molecule has 0 spiro atoms. The molecule has 3 rings (SSSR count). The summed E-state index contributed by atoms with van der Waals surface area (Å²) in [6.07, 6.45) is 10.0. The molecule has 1 amide bonds. The topological polar surface area (TPSA) is 57.8 Å². The zero-order chi connectivity index (χ0) is 13.8. The molecule has 2 aromatic heterocycles. The molecule has 0 saturated heterocycles. The summed E-state index contributed by atoms with van der Waals surface area (Å²) in [7, 11) is 0. The molecule has 4 nitrogen and oxygen atoms in total. The fraction of sp³-hybridized carbons (Fsp3) is 0.467. The van der Waals surface area contributed by atoms with Gasteiger partial charge < -0.3 is 10.3 Å². The van der Waals surface area contributed by atoms with Crippen LogP contribution in [0.15, 0.2) is 17.8 Å². The van der Waals surface area contributed by atoms with Gasteiger partial charge in [0, 0.05) is 25.4 Å². The molecule has 1 aliphatic carbocycles. The molecule has 0 unspecified atom stereocenters. The van der Waals surface area contributed by atoms with Crippen molar-refractivity contribution in [1.29, 1.82) is 0 Å². The highest BCUT2D eigenvalue weighted by atomic mass is 32.1. The number of aromatic amines is 1. The number of aromatic nitrogens is 2. The number of nitrogens with one attached hydrogen (secondary N) is 2. The van der Waals surface area contributed by atoms with E-state index in [1.54, 1.807) is 17.5 Å². The van der Waals surface area contributed by atoms with Crippen LogP contribution < -0.4 is 5.32 Å². The molecular weight excluding hydrogens is 270 g/mol. The van der Waals surface area contributed by atoms with Gasteiger partial charge >= 0.3 is 0 Å². The van der Waals surface area contributed by atoms with E-state index in [9.17, 15) is 4.79 Å². The summed E-state index contributed by atoms with van der Waals surface area (Å²) in [5.74, 6) is 1.07. The average molecular weight is 289 g/mol. The number of imidazole rings is 1. The van der Waals surface area contributed by atoms with Crippen LogP contribution in [0.4, 0.5) is 0 Å². The first-order valence-corrected chi connectivity index (χ1v) is 8.08. The Balaban J connectivity index is 1.50. The summed E-state index contributed by atoms with van der Waals surface area (Å²) < 4.78 is 0. The van der Waals surface area contributed by atoms with Crippen LogP contribution in [0.25, 0.3) is 0 Å². The zero-order valence-corrected chi connectivity index (χ0v) is 12.3. The highest BCUT2D eigenvalue weighted by molar-refractivity contribution is 7.12. The monoisotopic (exact) mass is 289 g/mol. The van der Waals surface area contributed by atoms with Crippen LogP contribution in [0.5, 0.6) is 0 Å². The SMILES string of the molecule is O=C(NCCCc1ncc[nH]1)c1scc2c1CCCC2. The van der Waals surface area contributed by atoms with Gasteiger partial charge in [0.25, 0.3) is 5.91 Å². The number of H-pyrrole nitrogens is 1. The van der Waals surface area contributed by atoms with Gasteiger partial charge in [-0.2, -0.15) is 0 Å². The van der Waals surface area contributed by atoms with E-state index < -0.39 is 0 Å². The van der Waals surface area contributed by atoms with Crippen molar-refractivity contribution in [3.8, 4) is 0 Å². The lowest BCUT2D eigenvalue weighted by Gasteiger charge is -2.12. The van der Waals surface area contributed by atoms with Gasteiger partial charge in [-0.1, -0.05) is 0 Å². The second-order valence-electron chi connectivity index (χ2n) is 5.17. The maximum atomic E-state index is 12.2. The number of carbonyl (C=O) groups is 1. The van der Waals surface area contributed by atoms with Crippen LogP contribution in [0.2, 0.25) is 0 Å². The van der Waals surface area contributed by atoms with E-state index in [-0.39, 0.29) is 5.91 Å². The van der Waals surface area contributed by atoms with Crippen LogP contribution >= 0.6 is 11.3 Å². The van der Waals surface area contributed by atoms with Crippen molar-refractivity contribution in [2.45, 2.75) is 38.5 Å². The third kappa shape index (κ3) is 2.93. The Morgan fingerprint density at radius 1 is 1.40 bits per heavy atom. The van der Waals surface area contributed by atoms with E-state index >= 15 is 0 Å². The molecule has 5 heteroatoms. The molecule has 1 aliphatic rings. The van der Waals surface area contributed by atoms with Crippen molar-refractivity contribution in [2.24, 2.45) is 0 Å². The Labute approximate surface area is 122 Å². The first kappa shape index (κ1) is 13.4. The molecule has 0 fully saturated rings. The van der Waals surface area contributed by atoms with E-state index in [4.69, 9.17) is 0 Å². The fourth-order valence-electron chi connectivity index (χ4n) is 2.68. The minimum atomic E-state index is 0.0950. The number of amides is 1. The number of aryl methyl sites for hydroxylation is 2. The van der Waals surface area contributed by atoms with Crippen LogP contribution in [0.3, 0.4) is 0 Å². The Bertz CT molecular complexity index is 574. The van der Waals surface area contributed by atoms with Gasteiger partial charge in [0.05, 0.1) is 4.88 Å². The van der Waals surface area contributed by atoms with Crippen molar-refractivity contribution in [3.05, 3.63) is 39.6 Å². The Morgan fingerprint density at radius 2 is 2.30 bits per heavy atom. The molecule has 2 aromatic rings. The minimum Gasteiger partial charge on any atom is -0.351 e. The van der Waals surface area contributed by atoms with Crippen molar-refractivity contribution >= 4 is 17.2 Å². The zero-order valence-electron chi connectivity index (χ0n) is 11.4. The number of thiophene rings is 1. The summed E-state index contributed by atoms with van der Waals surface area (Å²) in [4.78, 5) is 20.4. The number of rotatable bonds is 5. The Hall–Kier alpha value is -1.62. The molecule has 0 saturated carbocycles. The van der Waals surface area contributed by atoms with E-state index in [2.05, 4.69) is 20.7 Å². The summed E-state index contributed by atoms with van der Waals surface area (Å²) in [5, 5.41) is 5.19. The van der Waals surface area contributed by atoms with E-state index in [0.29, 0.717) is 6.54 Å². The number of carbonyl (C=O) groups excluding carboxylic acids is 1. The van der Waals surface area contributed by atoms with E-state index in [0.717, 1.165) is 36.4 Å². The van der Waals surface area contributed by atoms with Crippen molar-refractivity contribution < 1.29 is 4.79 Å². The Kier molecular flexibility index (Phi) is 4.16. The molecule has 2 heterocycles. The van der Waals surface area contributed by atoms with Crippen molar-refractivity contribution in [1.82, 2.24) is 15.3 Å². The molecule has 2 N–H and O–H groups in total. The van der Waals surface area contributed by atoms with Gasteiger partial charge in [0.1, 0.15) is 5.82 Å². The highest BCUT2D eigenvalue weighted by Crippen LogP contribution is 2.29. The van der Waals surface area contributed by atoms with Crippen molar-refractivity contribution in [2.75, 3.05) is 6.54 Å². The van der Waals surface area contributed by atoms with E-state index in [1.807, 2.05) is 6.20 Å². The lowest BCUT2D eigenvalue weighted by molar-refractivity contribution is 0.0956. The number of fused-ring (bicyclic) bond motifs is 1. The summed E-state index contributed by atoms with van der Waals surface area (Å²) in [6, 6.07) is 0. The third-order valence-electron chi connectivity index (χ3n) is 3.74. The predicted octanol–water partition coefficient (Wildman–Crippen LogP) is 2.71. The van der Waals surface area contributed by atoms with Gasteiger partial charge in [-0.25, -0.2) is 4.98 Å². The van der Waals surface area contributed by atoms with Crippen LogP contribution in [-0.4, -0.2) is 22.4 Å². The number of hydrogen-bond acceptors (Lipinski definition) is 3. The van der Waals surface area contributed by atoms with Gasteiger partial charge in [-0.05, 0) is 48.6 Å². The maximum absolute atomic E-state index is 12.2. The first-order valence-electron chi connectivity index (χ1n) is 7.20. The molecule has 0 radical (unpaired) electrons. The lowest BCUT2D eigenvalue weighted by Crippen LogP contribution is -2.25. The second kappa shape index (κ2) is 6.22. The highest BCUT2D eigenvalue weighted by Gasteiger charge is 2.19. The molecule has 20 heavy (non-hydrogen) atoms. The normalized spacial score (nSPS) is 14.0. The standard InChI is InChI=1S/C15H19N3OS/c19-15(18-7-3-6-13-16-8-9-17-13)14-12-5-2-1-4-11(12)10-20-14/h8-10H,1-7H2,(H,16,17)(H,18,19). The van der Waals surface area contributed by atoms with Gasteiger partial charge in [-0.3, -0.25) is 4.79 Å². The quantitative estimate of drug-likeness (QED) is 0.832. The predicted molar refractivity (Wildman–Crippen MR) is 80.2 cm³/mol. The largest absolute Gasteiger partial charge is 0.351 e. The maximum Gasteiger partial charge on any atom is 0.261 e. The third-order valence-corrected chi connectivity index (χ3v) is 4.81. The van der Waals surface area contributed by atoms with Crippen molar-refractivity contribution in [3.63, 3.8) is 0 Å². The van der Waals surface area contributed by atoms with Gasteiger partial charge in [-0.15, -0.1) is 11.3 Å². The minimum absolute atomic E-state index is 0.0950. The van der Waals surface area contributed by atoms with Crippen LogP contribution in [0, 0.1) is 0 Å². The smallest absolute Gasteiger partial charge is 0.261 e. The van der Waals surface area contributed by atoms with Gasteiger partial charge in [0.15, 0.2) is 0 Å². The van der Waals surface area contributed by atoms with Crippen LogP contribution in [0.1, 0.15) is 45.9 Å². The van der Waals surface area contributed by atoms with E-state index in [1.165, 1.54) is 24.0 Å². The lowest BCUT2D eigenvalue weighted by atomic mass is 9.94. The molecular formula is C15H19N3OS. The molecule has 0 aromatic carbocycles. The number of nitrogens with zero attached hydrogens (tertiary/aromatic N) is 1. The summed E-state index contributed by atoms with van der Waals surface area (Å²) in [6.45, 7) is 0.701. The fourth-order valence-corrected chi connectivity index (χ4v) is 3.76. The first-order chi connectivity index (χ1) is 9.84. The number of hydrogen-bond donors (Lipinski definition) is 2. The summed E-state index contributed by atoms with van der Waals surface area (Å²) >= 11 is 1.60.